The van der Waals surface area contributed by atoms with Crippen LogP contribution in [0.2, 0.25) is 0 Å². The van der Waals surface area contributed by atoms with Gasteiger partial charge in [-0.1, -0.05) is 0 Å². The van der Waals surface area contributed by atoms with Crippen molar-refractivity contribution in [1.82, 2.24) is 5.32 Å². The fraction of sp³-hybridized carbons (Fsp3) is 0.462. The van der Waals surface area contributed by atoms with Gasteiger partial charge in [0.15, 0.2) is 0 Å². The zero-order valence-corrected chi connectivity index (χ0v) is 9.69. The molecule has 1 fully saturated rings. The van der Waals surface area contributed by atoms with Gasteiger partial charge in [-0.3, -0.25) is 0 Å². The van der Waals surface area contributed by atoms with Crippen molar-refractivity contribution in [3.8, 4) is 6.07 Å². The molecule has 0 aromatic heterocycles. The van der Waals surface area contributed by atoms with Gasteiger partial charge in [-0.15, -0.1) is 0 Å². The minimum atomic E-state index is -0.224. The average molecular weight is 233 g/mol. The second kappa shape index (κ2) is 5.65. The Labute approximate surface area is 101 Å². The number of benzene rings is 1. The van der Waals surface area contributed by atoms with E-state index < -0.39 is 0 Å². The van der Waals surface area contributed by atoms with E-state index in [1.54, 1.807) is 12.1 Å². The normalized spacial score (nSPS) is 20.7. The molecule has 1 aliphatic heterocycles. The highest BCUT2D eigenvalue weighted by Gasteiger charge is 2.20. The predicted octanol–water partition coefficient (Wildman–Crippen LogP) is 1.91. The van der Waals surface area contributed by atoms with Crippen molar-refractivity contribution in [2.24, 2.45) is 0 Å². The summed E-state index contributed by atoms with van der Waals surface area (Å²) in [5, 5.41) is 12.2. The summed E-state index contributed by atoms with van der Waals surface area (Å²) >= 11 is 0. The summed E-state index contributed by atoms with van der Waals surface area (Å²) in [4.78, 5) is 2.20. The van der Waals surface area contributed by atoms with Crippen molar-refractivity contribution in [1.29, 1.82) is 5.26 Å². The molecule has 1 atom stereocenters. The Balaban J connectivity index is 2.19. The molecule has 0 aliphatic carbocycles. The van der Waals surface area contributed by atoms with E-state index in [4.69, 9.17) is 5.26 Å². The van der Waals surface area contributed by atoms with Gasteiger partial charge in [0.05, 0.1) is 18.5 Å². The third-order valence-electron chi connectivity index (χ3n) is 3.06. The van der Waals surface area contributed by atoms with Crippen LogP contribution >= 0.6 is 0 Å². The van der Waals surface area contributed by atoms with Gasteiger partial charge in [0, 0.05) is 18.8 Å². The molecule has 1 aromatic rings. The van der Waals surface area contributed by atoms with E-state index in [0.717, 1.165) is 31.7 Å². The zero-order valence-electron chi connectivity index (χ0n) is 9.69. The van der Waals surface area contributed by atoms with Gasteiger partial charge in [-0.25, -0.2) is 4.39 Å². The number of nitrogens with zero attached hydrogens (tertiary/aromatic N) is 2. The minimum absolute atomic E-state index is 0.174. The molecule has 1 aliphatic rings. The van der Waals surface area contributed by atoms with E-state index in [-0.39, 0.29) is 11.9 Å². The van der Waals surface area contributed by atoms with E-state index in [0.29, 0.717) is 6.42 Å². The largest absolute Gasteiger partial charge is 0.366 e. The second-order valence-corrected chi connectivity index (χ2v) is 4.24. The van der Waals surface area contributed by atoms with Crippen LogP contribution in [-0.4, -0.2) is 25.7 Å². The zero-order chi connectivity index (χ0) is 12.1. The van der Waals surface area contributed by atoms with Crippen LogP contribution in [0.3, 0.4) is 0 Å². The van der Waals surface area contributed by atoms with Crippen molar-refractivity contribution >= 4 is 5.69 Å². The first kappa shape index (κ1) is 11.9. The molecule has 17 heavy (non-hydrogen) atoms. The van der Waals surface area contributed by atoms with Gasteiger partial charge < -0.3 is 10.2 Å². The molecule has 1 unspecified atom stereocenters. The maximum atomic E-state index is 12.9. The van der Waals surface area contributed by atoms with Gasteiger partial charge in [-0.05, 0) is 37.2 Å². The highest BCUT2D eigenvalue weighted by atomic mass is 19.1. The Kier molecular flexibility index (Phi) is 3.94. The summed E-state index contributed by atoms with van der Waals surface area (Å²) in [7, 11) is 0. The molecule has 0 spiro atoms. The van der Waals surface area contributed by atoms with E-state index >= 15 is 0 Å². The number of anilines is 1. The van der Waals surface area contributed by atoms with Crippen molar-refractivity contribution in [2.45, 2.75) is 18.9 Å². The van der Waals surface area contributed by atoms with Crippen LogP contribution in [0.25, 0.3) is 0 Å². The molecule has 4 heteroatoms. The number of nitriles is 1. The van der Waals surface area contributed by atoms with Crippen LogP contribution < -0.4 is 10.2 Å². The fourth-order valence-electron chi connectivity index (χ4n) is 2.20. The Morgan fingerprint density at radius 1 is 1.41 bits per heavy atom. The first-order valence-corrected chi connectivity index (χ1v) is 5.91. The summed E-state index contributed by atoms with van der Waals surface area (Å²) in [6.07, 6.45) is 1.53. The molecular weight excluding hydrogens is 217 g/mol. The molecule has 1 heterocycles. The molecule has 0 radical (unpaired) electrons. The van der Waals surface area contributed by atoms with E-state index in [1.807, 2.05) is 0 Å². The first-order chi connectivity index (χ1) is 8.31. The maximum absolute atomic E-state index is 12.9. The SMILES string of the molecule is N#CCC1CNCCCN1c1ccc(F)cc1. The van der Waals surface area contributed by atoms with Gasteiger partial charge >= 0.3 is 0 Å². The molecule has 1 aromatic carbocycles. The summed E-state index contributed by atoms with van der Waals surface area (Å²) in [6, 6.07) is 8.90. The van der Waals surface area contributed by atoms with Gasteiger partial charge in [0.1, 0.15) is 5.82 Å². The Bertz CT molecular complexity index is 396. The van der Waals surface area contributed by atoms with Gasteiger partial charge in [-0.2, -0.15) is 5.26 Å². The van der Waals surface area contributed by atoms with Crippen LogP contribution in [0.1, 0.15) is 12.8 Å². The van der Waals surface area contributed by atoms with Crippen LogP contribution in [0, 0.1) is 17.1 Å². The number of rotatable bonds is 2. The summed E-state index contributed by atoms with van der Waals surface area (Å²) < 4.78 is 12.9. The van der Waals surface area contributed by atoms with Gasteiger partial charge in [0.25, 0.3) is 0 Å². The quantitative estimate of drug-likeness (QED) is 0.848. The van der Waals surface area contributed by atoms with Gasteiger partial charge in [0.2, 0.25) is 0 Å². The molecule has 90 valence electrons. The molecule has 0 saturated carbocycles. The highest BCUT2D eigenvalue weighted by molar-refractivity contribution is 5.47. The van der Waals surface area contributed by atoms with Crippen LogP contribution in [-0.2, 0) is 0 Å². The Hall–Kier alpha value is -1.60. The smallest absolute Gasteiger partial charge is 0.123 e. The molecule has 1 saturated heterocycles. The van der Waals surface area contributed by atoms with Crippen molar-refractivity contribution in [2.75, 3.05) is 24.5 Å². The molecule has 3 nitrogen and oxygen atoms in total. The van der Waals surface area contributed by atoms with Crippen molar-refractivity contribution < 1.29 is 4.39 Å². The lowest BCUT2D eigenvalue weighted by Crippen LogP contribution is -2.39. The number of hydrogen-bond acceptors (Lipinski definition) is 3. The lowest BCUT2D eigenvalue weighted by atomic mass is 10.1. The second-order valence-electron chi connectivity index (χ2n) is 4.24. The Morgan fingerprint density at radius 3 is 2.88 bits per heavy atom. The summed E-state index contributed by atoms with van der Waals surface area (Å²) in [6.45, 7) is 2.69. The molecule has 2 rings (SSSR count). The lowest BCUT2D eigenvalue weighted by Gasteiger charge is -2.30. The van der Waals surface area contributed by atoms with E-state index in [2.05, 4.69) is 16.3 Å². The Morgan fingerprint density at radius 2 is 2.18 bits per heavy atom. The molecule has 0 bridgehead atoms. The standard InChI is InChI=1S/C13H16FN3/c14-11-2-4-12(5-3-11)17-9-1-8-16-10-13(17)6-7-15/h2-5,13,16H,1,6,8-10H2. The number of nitrogens with one attached hydrogen (secondary N) is 1. The highest BCUT2D eigenvalue weighted by Crippen LogP contribution is 2.20. The molecule has 1 N–H and O–H groups in total. The van der Waals surface area contributed by atoms with Crippen LogP contribution in [0.5, 0.6) is 0 Å². The van der Waals surface area contributed by atoms with Crippen molar-refractivity contribution in [3.05, 3.63) is 30.1 Å². The lowest BCUT2D eigenvalue weighted by molar-refractivity contribution is 0.595. The maximum Gasteiger partial charge on any atom is 0.123 e. The molecular formula is C13H16FN3. The minimum Gasteiger partial charge on any atom is -0.366 e. The number of hydrogen-bond donors (Lipinski definition) is 1. The van der Waals surface area contributed by atoms with Crippen LogP contribution in [0.4, 0.5) is 10.1 Å². The van der Waals surface area contributed by atoms with E-state index in [9.17, 15) is 4.39 Å². The van der Waals surface area contributed by atoms with E-state index in [1.165, 1.54) is 12.1 Å². The monoisotopic (exact) mass is 233 g/mol. The van der Waals surface area contributed by atoms with Crippen LogP contribution in [0.15, 0.2) is 24.3 Å². The third kappa shape index (κ3) is 2.95. The van der Waals surface area contributed by atoms with Crippen molar-refractivity contribution in [3.63, 3.8) is 0 Å². The predicted molar refractivity (Wildman–Crippen MR) is 65.3 cm³/mol. The molecule has 0 amide bonds. The average Bonchev–Trinajstić information content (AvgIpc) is 2.56. The fourth-order valence-corrected chi connectivity index (χ4v) is 2.20. The topological polar surface area (TPSA) is 39.1 Å². The summed E-state index contributed by atoms with van der Waals surface area (Å²) in [5.74, 6) is -0.224. The third-order valence-corrected chi connectivity index (χ3v) is 3.06. The summed E-state index contributed by atoms with van der Waals surface area (Å²) in [5.41, 5.74) is 0.996. The first-order valence-electron chi connectivity index (χ1n) is 5.91. The number of halogens is 1.